The number of anilines is 1. The molecule has 0 unspecified atom stereocenters. The lowest BCUT2D eigenvalue weighted by molar-refractivity contribution is 0.846. The van der Waals surface area contributed by atoms with Gasteiger partial charge in [0, 0.05) is 10.8 Å². The highest BCUT2D eigenvalue weighted by molar-refractivity contribution is 7.98. The summed E-state index contributed by atoms with van der Waals surface area (Å²) in [5.74, 6) is 11.9. The van der Waals surface area contributed by atoms with Crippen LogP contribution in [0.5, 0.6) is 0 Å². The number of nitrogens with one attached hydrogen (secondary N) is 1. The van der Waals surface area contributed by atoms with Crippen LogP contribution in [0.15, 0.2) is 29.4 Å². The van der Waals surface area contributed by atoms with Crippen molar-refractivity contribution in [3.05, 3.63) is 34.9 Å². The van der Waals surface area contributed by atoms with Crippen molar-refractivity contribution >= 4 is 29.3 Å². The Morgan fingerprint density at radius 3 is 2.76 bits per heavy atom. The number of thioether (sulfide) groups is 1. The topological polar surface area (TPSA) is 94.8 Å². The number of aromatic nitrogens is 3. The molecule has 8 heteroatoms. The third kappa shape index (κ3) is 2.63. The van der Waals surface area contributed by atoms with Gasteiger partial charge in [-0.1, -0.05) is 41.6 Å². The molecular weight excluding hydrogens is 260 g/mol. The molecule has 0 atom stereocenters. The van der Waals surface area contributed by atoms with Gasteiger partial charge in [0.1, 0.15) is 0 Å². The van der Waals surface area contributed by atoms with Crippen molar-refractivity contribution in [2.45, 2.75) is 10.9 Å². The smallest absolute Gasteiger partial charge is 0.258 e. The lowest BCUT2D eigenvalue weighted by atomic mass is 10.2. The highest BCUT2D eigenvalue weighted by Crippen LogP contribution is 2.25. The molecule has 0 amide bonds. The first-order valence-electron chi connectivity index (χ1n) is 4.75. The van der Waals surface area contributed by atoms with Crippen molar-refractivity contribution in [2.75, 3.05) is 11.3 Å². The molecule has 6 nitrogen and oxygen atoms in total. The first-order chi connectivity index (χ1) is 8.22. The standard InChI is InChI=1S/C9H11ClN6S/c10-7-4-2-1-3-6(7)5-17-9-15-14-8(13-11)16(9)12/h1-4H,5,11-12H2,(H,13,14). The Labute approximate surface area is 107 Å². The second-order valence-corrected chi connectivity index (χ2v) is 4.55. The summed E-state index contributed by atoms with van der Waals surface area (Å²) in [7, 11) is 0. The van der Waals surface area contributed by atoms with Gasteiger partial charge in [0.05, 0.1) is 0 Å². The second-order valence-electron chi connectivity index (χ2n) is 3.20. The molecule has 1 aromatic heterocycles. The molecular formula is C9H11ClN6S. The van der Waals surface area contributed by atoms with Crippen molar-refractivity contribution in [1.29, 1.82) is 0 Å². The molecule has 0 aliphatic carbocycles. The minimum Gasteiger partial charge on any atom is -0.334 e. The Morgan fingerprint density at radius 2 is 2.12 bits per heavy atom. The van der Waals surface area contributed by atoms with Gasteiger partial charge in [0.15, 0.2) is 0 Å². The zero-order chi connectivity index (χ0) is 12.3. The number of nitrogen functional groups attached to an aromatic ring is 2. The quantitative estimate of drug-likeness (QED) is 0.439. The number of nitrogens with two attached hydrogens (primary N) is 2. The maximum absolute atomic E-state index is 6.04. The Morgan fingerprint density at radius 1 is 1.35 bits per heavy atom. The van der Waals surface area contributed by atoms with E-state index in [2.05, 4.69) is 15.6 Å². The number of hydrazine groups is 1. The fraction of sp³-hybridized carbons (Fsp3) is 0.111. The van der Waals surface area contributed by atoms with Gasteiger partial charge in [-0.15, -0.1) is 10.2 Å². The molecule has 1 aromatic carbocycles. The Balaban J connectivity index is 2.07. The summed E-state index contributed by atoms with van der Waals surface area (Å²) in [4.78, 5) is 0. The second kappa shape index (κ2) is 5.26. The van der Waals surface area contributed by atoms with Gasteiger partial charge in [-0.25, -0.2) is 10.5 Å². The first kappa shape index (κ1) is 12.0. The van der Waals surface area contributed by atoms with Gasteiger partial charge < -0.3 is 5.84 Å². The van der Waals surface area contributed by atoms with Crippen LogP contribution in [0.3, 0.4) is 0 Å². The van der Waals surface area contributed by atoms with Crippen LogP contribution in [0.1, 0.15) is 5.56 Å². The summed E-state index contributed by atoms with van der Waals surface area (Å²) >= 11 is 7.48. The van der Waals surface area contributed by atoms with E-state index < -0.39 is 0 Å². The van der Waals surface area contributed by atoms with E-state index in [9.17, 15) is 0 Å². The molecule has 0 saturated carbocycles. The number of halogens is 1. The van der Waals surface area contributed by atoms with Crippen LogP contribution in [0.4, 0.5) is 5.95 Å². The average Bonchev–Trinajstić information content (AvgIpc) is 2.69. The molecule has 0 bridgehead atoms. The van der Waals surface area contributed by atoms with E-state index in [4.69, 9.17) is 23.3 Å². The molecule has 1 heterocycles. The van der Waals surface area contributed by atoms with E-state index in [1.165, 1.54) is 16.4 Å². The SMILES string of the molecule is NNc1nnc(SCc2ccccc2Cl)n1N. The highest BCUT2D eigenvalue weighted by Gasteiger charge is 2.09. The van der Waals surface area contributed by atoms with E-state index in [0.717, 1.165) is 10.6 Å². The van der Waals surface area contributed by atoms with Gasteiger partial charge in [0.25, 0.3) is 5.95 Å². The number of benzene rings is 1. The summed E-state index contributed by atoms with van der Waals surface area (Å²) in [5, 5.41) is 8.95. The van der Waals surface area contributed by atoms with Crippen molar-refractivity contribution in [3.8, 4) is 0 Å². The van der Waals surface area contributed by atoms with Crippen molar-refractivity contribution in [3.63, 3.8) is 0 Å². The zero-order valence-electron chi connectivity index (χ0n) is 8.80. The number of rotatable bonds is 4. The summed E-state index contributed by atoms with van der Waals surface area (Å²) < 4.78 is 1.29. The van der Waals surface area contributed by atoms with Crippen LogP contribution in [-0.2, 0) is 5.75 Å². The van der Waals surface area contributed by atoms with E-state index in [1.54, 1.807) is 0 Å². The molecule has 0 saturated heterocycles. The normalized spacial score (nSPS) is 10.5. The maximum Gasteiger partial charge on any atom is 0.258 e. The Hall–Kier alpha value is -1.44. The number of hydrogen-bond acceptors (Lipinski definition) is 6. The summed E-state index contributed by atoms with van der Waals surface area (Å²) in [6.07, 6.45) is 0. The van der Waals surface area contributed by atoms with Gasteiger partial charge in [0.2, 0.25) is 5.16 Å². The van der Waals surface area contributed by atoms with Crippen molar-refractivity contribution < 1.29 is 0 Å². The van der Waals surface area contributed by atoms with E-state index in [1.807, 2.05) is 24.3 Å². The number of nitrogens with zero attached hydrogens (tertiary/aromatic N) is 3. The lowest BCUT2D eigenvalue weighted by Crippen LogP contribution is -2.18. The van der Waals surface area contributed by atoms with Gasteiger partial charge in [-0.05, 0) is 11.6 Å². The zero-order valence-corrected chi connectivity index (χ0v) is 10.4. The molecule has 0 aliphatic heterocycles. The highest BCUT2D eigenvalue weighted by atomic mass is 35.5. The van der Waals surface area contributed by atoms with Crippen molar-refractivity contribution in [1.82, 2.24) is 14.9 Å². The Bertz CT molecular complexity index is 514. The van der Waals surface area contributed by atoms with E-state index in [0.29, 0.717) is 16.9 Å². The molecule has 0 spiro atoms. The minimum absolute atomic E-state index is 0.312. The van der Waals surface area contributed by atoms with Crippen LogP contribution in [0.2, 0.25) is 5.02 Å². The van der Waals surface area contributed by atoms with Gasteiger partial charge >= 0.3 is 0 Å². The van der Waals surface area contributed by atoms with Crippen LogP contribution >= 0.6 is 23.4 Å². The fourth-order valence-corrected chi connectivity index (χ4v) is 2.37. The molecule has 0 fully saturated rings. The molecule has 2 rings (SSSR count). The third-order valence-corrected chi connectivity index (χ3v) is 3.47. The van der Waals surface area contributed by atoms with Crippen LogP contribution in [0, 0.1) is 0 Å². The van der Waals surface area contributed by atoms with E-state index >= 15 is 0 Å². The summed E-state index contributed by atoms with van der Waals surface area (Å²) in [5.41, 5.74) is 3.37. The predicted molar refractivity (Wildman–Crippen MR) is 69.0 cm³/mol. The van der Waals surface area contributed by atoms with Gasteiger partial charge in [-0.3, -0.25) is 5.43 Å². The summed E-state index contributed by atoms with van der Waals surface area (Å²) in [6.45, 7) is 0. The predicted octanol–water partition coefficient (Wildman–Crippen LogP) is 1.22. The molecule has 5 N–H and O–H groups in total. The average molecular weight is 271 g/mol. The van der Waals surface area contributed by atoms with Gasteiger partial charge in [-0.2, -0.15) is 0 Å². The molecule has 17 heavy (non-hydrogen) atoms. The van der Waals surface area contributed by atoms with Crippen LogP contribution in [-0.4, -0.2) is 14.9 Å². The molecule has 0 radical (unpaired) electrons. The number of hydrogen-bond donors (Lipinski definition) is 3. The molecule has 90 valence electrons. The first-order valence-corrected chi connectivity index (χ1v) is 6.12. The maximum atomic E-state index is 6.04. The largest absolute Gasteiger partial charge is 0.334 e. The monoisotopic (exact) mass is 270 g/mol. The van der Waals surface area contributed by atoms with Crippen LogP contribution < -0.4 is 17.1 Å². The Kier molecular flexibility index (Phi) is 3.72. The van der Waals surface area contributed by atoms with Crippen LogP contribution in [0.25, 0.3) is 0 Å². The minimum atomic E-state index is 0.312. The summed E-state index contributed by atoms with van der Waals surface area (Å²) in [6, 6.07) is 7.62. The van der Waals surface area contributed by atoms with Crippen molar-refractivity contribution in [2.24, 2.45) is 5.84 Å². The third-order valence-electron chi connectivity index (χ3n) is 2.11. The molecule has 0 aliphatic rings. The fourth-order valence-electron chi connectivity index (χ4n) is 1.23. The lowest BCUT2D eigenvalue weighted by Gasteiger charge is -2.04. The van der Waals surface area contributed by atoms with E-state index in [-0.39, 0.29) is 0 Å². The molecule has 2 aromatic rings.